The summed E-state index contributed by atoms with van der Waals surface area (Å²) >= 11 is 3.64. The molecule has 59 heavy (non-hydrogen) atoms. The van der Waals surface area contributed by atoms with Crippen LogP contribution in [0, 0.1) is 11.8 Å². The van der Waals surface area contributed by atoms with E-state index in [9.17, 15) is 18.3 Å². The van der Waals surface area contributed by atoms with E-state index in [2.05, 4.69) is 27.8 Å². The first-order valence-corrected chi connectivity index (χ1v) is 27.5. The molecule has 3 aromatic rings. The van der Waals surface area contributed by atoms with Crippen LogP contribution in [0.25, 0.3) is 10.8 Å². The number of fused-ring (bicyclic) bond motifs is 1. The lowest BCUT2D eigenvalue weighted by atomic mass is 10.0. The number of pyridine rings is 1. The van der Waals surface area contributed by atoms with Gasteiger partial charge in [0.2, 0.25) is 0 Å². The van der Waals surface area contributed by atoms with Crippen LogP contribution in [0.1, 0.15) is 77.9 Å². The topological polar surface area (TPSA) is 161 Å². The van der Waals surface area contributed by atoms with Crippen molar-refractivity contribution >= 4 is 57.1 Å². The predicted molar refractivity (Wildman–Crippen MR) is 236 cm³/mol. The molecule has 3 rings (SSSR count). The molecular formula is C39H60BrN3O12P4. The number of hydrogen-bond donors (Lipinski definition) is 0. The molecule has 0 bridgehead atoms. The normalized spacial score (nSPS) is 12.7. The second-order valence-electron chi connectivity index (χ2n) is 12.7. The fraction of sp³-hybridized carbons (Fsp3) is 0.564. The molecule has 1 heterocycles. The molecule has 0 unspecified atom stereocenters. The fourth-order valence-electron chi connectivity index (χ4n) is 6.17. The van der Waals surface area contributed by atoms with E-state index in [0.29, 0.717) is 17.0 Å². The lowest BCUT2D eigenvalue weighted by Crippen LogP contribution is -2.30. The van der Waals surface area contributed by atoms with Gasteiger partial charge in [0.25, 0.3) is 0 Å². The predicted octanol–water partition coefficient (Wildman–Crippen LogP) is 10.9. The smallest absolute Gasteiger partial charge is 0.308 e. The maximum absolute atomic E-state index is 14.0. The van der Waals surface area contributed by atoms with Gasteiger partial charge in [-0.3, -0.25) is 33.0 Å². The molecule has 0 aliphatic rings. The highest BCUT2D eigenvalue weighted by Gasteiger charge is 2.36. The first kappa shape index (κ1) is 51.8. The van der Waals surface area contributed by atoms with Crippen LogP contribution in [0.4, 0.5) is 0 Å². The van der Waals surface area contributed by atoms with Gasteiger partial charge >= 0.3 is 30.4 Å². The number of rotatable bonds is 28. The molecule has 0 saturated heterocycles. The van der Waals surface area contributed by atoms with Crippen LogP contribution in [0.2, 0.25) is 0 Å². The molecule has 15 nitrogen and oxygen atoms in total. The van der Waals surface area contributed by atoms with Gasteiger partial charge in [-0.05, 0) is 90.4 Å². The van der Waals surface area contributed by atoms with Crippen molar-refractivity contribution in [3.05, 3.63) is 75.5 Å². The first-order valence-electron chi connectivity index (χ1n) is 19.8. The van der Waals surface area contributed by atoms with Crippen molar-refractivity contribution in [2.24, 2.45) is 0 Å². The quantitative estimate of drug-likeness (QED) is 0.0499. The third-order valence-electron chi connectivity index (χ3n) is 8.01. The number of aromatic nitrogens is 1. The SMILES string of the molecule is CCOP(=O)(CN(Cc1cc(C#Cc2ccc(Br)c3ccccc23)cc(CN(CP(=O)(OCC)OCC)CP(=O)(OCC)OCC)n1)CP(=O)(OCC)OCC)OCC. The van der Waals surface area contributed by atoms with Crippen LogP contribution in [-0.4, -0.2) is 92.8 Å². The Bertz CT molecular complexity index is 1860. The summed E-state index contributed by atoms with van der Waals surface area (Å²) in [7, 11) is -14.9. The second kappa shape index (κ2) is 25.5. The summed E-state index contributed by atoms with van der Waals surface area (Å²) in [5, 5.41) is 1.96. The lowest BCUT2D eigenvalue weighted by molar-refractivity contribution is 0.181. The van der Waals surface area contributed by atoms with E-state index in [4.69, 9.17) is 41.2 Å². The Kier molecular flexibility index (Phi) is 22.4. The van der Waals surface area contributed by atoms with E-state index in [1.807, 2.05) is 36.4 Å². The largest absolute Gasteiger partial charge is 0.344 e. The number of benzene rings is 2. The van der Waals surface area contributed by atoms with E-state index in [0.717, 1.165) is 20.8 Å². The Labute approximate surface area is 358 Å². The Hall–Kier alpha value is -1.59. The monoisotopic (exact) mass is 965 g/mol. The minimum absolute atomic E-state index is 0.00915. The molecule has 0 amide bonds. The van der Waals surface area contributed by atoms with Crippen LogP contribution < -0.4 is 0 Å². The van der Waals surface area contributed by atoms with Crippen molar-refractivity contribution in [2.75, 3.05) is 78.0 Å². The van der Waals surface area contributed by atoms with Crippen LogP contribution >= 0.6 is 46.3 Å². The van der Waals surface area contributed by atoms with Crippen molar-refractivity contribution in [3.8, 4) is 11.8 Å². The van der Waals surface area contributed by atoms with Gasteiger partial charge in [-0.1, -0.05) is 52.0 Å². The van der Waals surface area contributed by atoms with Crippen LogP contribution in [0.3, 0.4) is 0 Å². The summed E-state index contributed by atoms with van der Waals surface area (Å²) in [5.41, 5.74) is 2.24. The van der Waals surface area contributed by atoms with Gasteiger partial charge in [-0.2, -0.15) is 0 Å². The summed E-state index contributed by atoms with van der Waals surface area (Å²) in [5.74, 6) is 6.61. The molecule has 0 atom stereocenters. The van der Waals surface area contributed by atoms with Gasteiger partial charge in [0.1, 0.15) is 25.1 Å². The summed E-state index contributed by atoms with van der Waals surface area (Å²) in [6.07, 6.45) is -0.998. The molecular weight excluding hydrogens is 906 g/mol. The van der Waals surface area contributed by atoms with Gasteiger partial charge in [0, 0.05) is 28.7 Å². The van der Waals surface area contributed by atoms with E-state index in [-0.39, 0.29) is 91.1 Å². The Morgan fingerprint density at radius 1 is 0.508 bits per heavy atom. The van der Waals surface area contributed by atoms with Gasteiger partial charge in [0.15, 0.2) is 0 Å². The van der Waals surface area contributed by atoms with Crippen molar-refractivity contribution in [3.63, 3.8) is 0 Å². The van der Waals surface area contributed by atoms with Crippen molar-refractivity contribution < 1.29 is 54.5 Å². The minimum atomic E-state index is -3.73. The van der Waals surface area contributed by atoms with Crippen molar-refractivity contribution in [2.45, 2.75) is 68.5 Å². The van der Waals surface area contributed by atoms with Crippen molar-refractivity contribution in [1.82, 2.24) is 14.8 Å². The minimum Gasteiger partial charge on any atom is -0.308 e. The molecule has 0 saturated carbocycles. The van der Waals surface area contributed by atoms with Gasteiger partial charge in [-0.25, -0.2) is 0 Å². The third-order valence-corrected chi connectivity index (χ3v) is 16.9. The third kappa shape index (κ3) is 16.9. The number of nitrogens with zero attached hydrogens (tertiary/aromatic N) is 3. The average Bonchev–Trinajstić information content (AvgIpc) is 3.15. The van der Waals surface area contributed by atoms with Gasteiger partial charge in [-0.15, -0.1) is 0 Å². The zero-order chi connectivity index (χ0) is 43.5. The molecule has 330 valence electrons. The second-order valence-corrected chi connectivity index (χ2v) is 21.7. The zero-order valence-corrected chi connectivity index (χ0v) is 40.6. The van der Waals surface area contributed by atoms with E-state index in [1.165, 1.54) is 0 Å². The maximum Gasteiger partial charge on any atom is 0.344 e. The maximum atomic E-state index is 14.0. The molecule has 0 aliphatic heterocycles. The van der Waals surface area contributed by atoms with E-state index in [1.54, 1.807) is 77.3 Å². The van der Waals surface area contributed by atoms with Gasteiger partial charge < -0.3 is 36.2 Å². The van der Waals surface area contributed by atoms with Crippen LogP contribution in [-0.2, 0) is 67.5 Å². The molecule has 20 heteroatoms. The van der Waals surface area contributed by atoms with Crippen molar-refractivity contribution in [1.29, 1.82) is 0 Å². The first-order chi connectivity index (χ1) is 28.1. The fourth-order valence-corrected chi connectivity index (χ4v) is 13.8. The molecule has 2 aromatic carbocycles. The molecule has 1 aromatic heterocycles. The molecule has 0 N–H and O–H groups in total. The highest BCUT2D eigenvalue weighted by molar-refractivity contribution is 9.10. The zero-order valence-electron chi connectivity index (χ0n) is 35.4. The van der Waals surface area contributed by atoms with Crippen LogP contribution in [0.15, 0.2) is 53.0 Å². The highest BCUT2D eigenvalue weighted by atomic mass is 79.9. The standard InChI is InChI=1S/C39H60BrN3O12P4/c1-9-48-56(44,49-10-2)29-42(30-57(45,50-11-3)51-12-4)27-35-25-33(21-22-34-23-24-39(40)38-20-18-17-19-37(34)38)26-36(41-35)28-43(31-58(46,52-13-5)53-14-6)32-59(47,54-15-7)55-16-8/h17-20,23-26H,9-16,27-32H2,1-8H3. The van der Waals surface area contributed by atoms with Crippen LogP contribution in [0.5, 0.6) is 0 Å². The number of hydrogen-bond acceptors (Lipinski definition) is 15. The Balaban J connectivity index is 2.26. The summed E-state index contributed by atoms with van der Waals surface area (Å²) in [4.78, 5) is 8.22. The molecule has 0 fully saturated rings. The van der Waals surface area contributed by atoms with E-state index < -0.39 is 30.4 Å². The summed E-state index contributed by atoms with van der Waals surface area (Å²) in [6, 6.07) is 15.4. The van der Waals surface area contributed by atoms with E-state index >= 15 is 0 Å². The van der Waals surface area contributed by atoms with Gasteiger partial charge in [0.05, 0.1) is 64.2 Å². The summed E-state index contributed by atoms with van der Waals surface area (Å²) in [6.45, 7) is 14.6. The Morgan fingerprint density at radius 3 is 1.19 bits per heavy atom. The molecule has 0 aliphatic carbocycles. The number of halogens is 1. The Morgan fingerprint density at radius 2 is 0.847 bits per heavy atom. The summed E-state index contributed by atoms with van der Waals surface area (Å²) < 4.78 is 102. The average molecular weight is 967 g/mol. The lowest BCUT2D eigenvalue weighted by Gasteiger charge is -2.30. The molecule has 0 radical (unpaired) electrons. The highest BCUT2D eigenvalue weighted by Crippen LogP contribution is 2.55. The molecule has 0 spiro atoms.